The number of fused-ring (bicyclic) bond motifs is 16. The van der Waals surface area contributed by atoms with E-state index in [1.54, 1.807) is 37.1 Å². The Balaban J connectivity index is 0.000000104. The van der Waals surface area contributed by atoms with Crippen molar-refractivity contribution in [2.75, 3.05) is 5.32 Å². The lowest BCUT2D eigenvalue weighted by Crippen LogP contribution is -2.47. The van der Waals surface area contributed by atoms with E-state index < -0.39 is 17.5 Å². The van der Waals surface area contributed by atoms with Gasteiger partial charge in [-0.2, -0.15) is 20.4 Å². The van der Waals surface area contributed by atoms with E-state index in [1.807, 2.05) is 54.6 Å². The molecule has 12 saturated carbocycles. The first kappa shape index (κ1) is 83.8. The Morgan fingerprint density at radius 3 is 1.29 bits per heavy atom. The summed E-state index contributed by atoms with van der Waals surface area (Å²) in [4.78, 5) is 54.7. The van der Waals surface area contributed by atoms with Crippen molar-refractivity contribution in [3.05, 3.63) is 209 Å². The van der Waals surface area contributed by atoms with Gasteiger partial charge in [0.25, 0.3) is 0 Å². The normalized spacial score (nSPS) is 24.8. The van der Waals surface area contributed by atoms with Gasteiger partial charge in [0, 0.05) is 46.9 Å². The van der Waals surface area contributed by atoms with E-state index in [2.05, 4.69) is 151 Å². The second-order valence-electron chi connectivity index (χ2n) is 37.5. The lowest BCUT2D eigenvalue weighted by atomic mass is 9.58. The van der Waals surface area contributed by atoms with E-state index >= 15 is 8.78 Å². The second-order valence-corrected chi connectivity index (χ2v) is 38.3. The van der Waals surface area contributed by atoms with Crippen LogP contribution in [0.4, 0.5) is 23.4 Å². The van der Waals surface area contributed by atoms with Gasteiger partial charge in [0.2, 0.25) is 0 Å². The van der Waals surface area contributed by atoms with Crippen molar-refractivity contribution in [2.24, 2.45) is 88.8 Å². The van der Waals surface area contributed by atoms with Crippen molar-refractivity contribution in [3.8, 4) is 91.3 Å². The fourth-order valence-corrected chi connectivity index (χ4v) is 23.7. The third-order valence-electron chi connectivity index (χ3n) is 30.5. The summed E-state index contributed by atoms with van der Waals surface area (Å²) in [6.45, 7) is 11.6. The van der Waals surface area contributed by atoms with Gasteiger partial charge in [0.1, 0.15) is 51.6 Å². The standard InChI is InChI=1S/C27H28ClN5.C26H25F2N5.C24H23F2N5O.C23H23ClN6O/c1-15-3-5-19(6-4-15)24-13-21(12-22-16(2)17-7-9-18(22)10-8-17)30-27(31-24)25-23-11-20(28)14-29-26(23)33-32-25;1-14-15-7-9-16(10-8-15)19(14)12-21-22(28)23(17-5-3-2-4-6-17)31-26(30-21)24-20-11-18(27)13-29-25(20)33-32-24;1-12-13-4-6-14(7-5-13)16(12)10-18-20(26)22(19-3-2-8-32-19)29-24(28-18)21-17-9-15(25)11-27-23(17)31-30-21;1-12-13-2-4-14(5-3-13)20(12)27-19-9-18(15-6-7-31-11-15)26-23(28-19)21-17-8-16(24)10-25-22(17)30-29-21/h3-6,11,13-14,16-18,22H,7-10,12H2,1-2H3,(H,29,32,33);2-6,11,13-16,19H,7-10,12H2,1H3,(H,29,32,33);2-3,8-9,11-14,16H,4-7,10H2,1H3,(H,27,30,31);6-14,20H,2-5H2,1H3,(H,25,29,30)(H,26,27,28). The number of anilines is 1. The van der Waals surface area contributed by atoms with Gasteiger partial charge in [-0.3, -0.25) is 20.4 Å². The first-order valence-electron chi connectivity index (χ1n) is 45.7. The highest BCUT2D eigenvalue weighted by atomic mass is 35.5. The molecule has 28 rings (SSSR count). The van der Waals surface area contributed by atoms with Crippen LogP contribution >= 0.6 is 23.2 Å². The zero-order valence-electron chi connectivity index (χ0n) is 72.3. The number of furan rings is 2. The van der Waals surface area contributed by atoms with Crippen LogP contribution < -0.4 is 5.32 Å². The third kappa shape index (κ3) is 16.7. The molecule has 29 heteroatoms. The molecule has 0 amide bonds. The van der Waals surface area contributed by atoms with Crippen molar-refractivity contribution in [3.63, 3.8) is 0 Å². The van der Waals surface area contributed by atoms with Crippen LogP contribution in [0.25, 0.3) is 135 Å². The van der Waals surface area contributed by atoms with Gasteiger partial charge in [0.05, 0.1) is 85.5 Å². The molecule has 2 aromatic carbocycles. The fraction of sp³-hybridized carbons (Fsp3) is 0.400. The number of nitrogens with zero attached hydrogens (tertiary/aromatic N) is 16. The lowest BCUT2D eigenvalue weighted by molar-refractivity contribution is 0.0334. The maximum Gasteiger partial charge on any atom is 0.181 e. The summed E-state index contributed by atoms with van der Waals surface area (Å²) in [5, 5.41) is 36.4. The van der Waals surface area contributed by atoms with Crippen LogP contribution in [0, 0.1) is 119 Å². The smallest absolute Gasteiger partial charge is 0.181 e. The summed E-state index contributed by atoms with van der Waals surface area (Å²) >= 11 is 12.4. The highest BCUT2D eigenvalue weighted by Gasteiger charge is 2.46. The molecule has 129 heavy (non-hydrogen) atoms. The van der Waals surface area contributed by atoms with Gasteiger partial charge in [-0.25, -0.2) is 77.4 Å². The third-order valence-corrected chi connectivity index (χ3v) is 30.9. The van der Waals surface area contributed by atoms with Crippen LogP contribution in [0.15, 0.2) is 162 Å². The summed E-state index contributed by atoms with van der Waals surface area (Å²) < 4.78 is 70.1. The van der Waals surface area contributed by atoms with E-state index in [9.17, 15) is 8.78 Å². The predicted octanol–water partition coefficient (Wildman–Crippen LogP) is 23.8. The van der Waals surface area contributed by atoms with Crippen LogP contribution in [0.2, 0.25) is 10.0 Å². The van der Waals surface area contributed by atoms with E-state index in [1.165, 1.54) is 127 Å². The average Bonchev–Trinajstić information content (AvgIpc) is 1.56. The largest absolute Gasteiger partial charge is 0.472 e. The summed E-state index contributed by atoms with van der Waals surface area (Å²) in [6.07, 6.45) is 33.3. The molecule has 0 saturated heterocycles. The predicted molar refractivity (Wildman–Crippen MR) is 488 cm³/mol. The number of nitrogens with one attached hydrogen (secondary N) is 5. The van der Waals surface area contributed by atoms with E-state index in [0.717, 1.165) is 98.9 Å². The molecular weight excluding hydrogens is 1670 g/mol. The highest BCUT2D eigenvalue weighted by molar-refractivity contribution is 6.31. The maximum atomic E-state index is 15.9. The number of rotatable bonds is 16. The number of hydrogen-bond donors (Lipinski definition) is 5. The zero-order valence-corrected chi connectivity index (χ0v) is 73.9. The Morgan fingerprint density at radius 1 is 0.388 bits per heavy atom. The van der Waals surface area contributed by atoms with Crippen LogP contribution in [-0.2, 0) is 19.3 Å². The van der Waals surface area contributed by atoms with Gasteiger partial charge < -0.3 is 14.2 Å². The summed E-state index contributed by atoms with van der Waals surface area (Å²) in [5.74, 6) is 11.0. The van der Waals surface area contributed by atoms with E-state index in [0.29, 0.717) is 179 Å². The molecule has 0 spiro atoms. The van der Waals surface area contributed by atoms with Crippen molar-refractivity contribution < 1.29 is 26.4 Å². The monoisotopic (exact) mass is 1770 g/mol. The van der Waals surface area contributed by atoms with Gasteiger partial charge in [-0.1, -0.05) is 111 Å². The molecule has 658 valence electrons. The number of halogens is 6. The Bertz CT molecular complexity index is 6730. The summed E-state index contributed by atoms with van der Waals surface area (Å²) in [5.41, 5.74) is 12.2. The Morgan fingerprint density at radius 2 is 0.822 bits per heavy atom. The van der Waals surface area contributed by atoms with Crippen molar-refractivity contribution >= 4 is 73.2 Å². The number of H-pyrrole nitrogens is 4. The van der Waals surface area contributed by atoms with Gasteiger partial charge in [-0.05, 0) is 266 Å². The molecule has 14 aromatic heterocycles. The molecule has 8 bridgehead atoms. The molecule has 0 aliphatic heterocycles. The number of aromatic nitrogens is 20. The first-order valence-corrected chi connectivity index (χ1v) is 46.5. The topological polar surface area (TPSA) is 308 Å². The van der Waals surface area contributed by atoms with Gasteiger partial charge in [0.15, 0.2) is 63.3 Å². The number of benzene rings is 2. The van der Waals surface area contributed by atoms with Crippen LogP contribution in [0.1, 0.15) is 153 Å². The Labute approximate surface area is 752 Å². The molecule has 23 nitrogen and oxygen atoms in total. The molecule has 5 N–H and O–H groups in total. The molecule has 0 radical (unpaired) electrons. The number of aryl methyl sites for hydroxylation is 1. The van der Waals surface area contributed by atoms with Crippen LogP contribution in [-0.4, -0.2) is 107 Å². The molecule has 8 atom stereocenters. The highest BCUT2D eigenvalue weighted by Crippen LogP contribution is 2.54. The SMILES string of the molecule is CC1C2CCC(CC2)C1Cc1nc(-c2[nH]nc3ncc(F)cc23)nc(-c2ccccc2)c1F.CC1C2CCC(CC2)C1Cc1nc(-c2[nH]nc3ncc(F)cc23)nc(-c2ccco2)c1F.CC1C2CCC(CC2)C1Nc1cc(-c2ccoc2)nc(-c2[nH]nc3ncc(Cl)cc23)n1.Cc1ccc(-c2cc(CC3C4CCC(CC4)C3C)nc(-c3[nH]nc4ncc(Cl)cc34)n2)cc1. The molecule has 8 unspecified atom stereocenters. The number of hydrogen-bond acceptors (Lipinski definition) is 19. The van der Waals surface area contributed by atoms with Gasteiger partial charge >= 0.3 is 0 Å². The average molecular weight is 1770 g/mol. The summed E-state index contributed by atoms with van der Waals surface area (Å²) in [7, 11) is 0. The number of pyridine rings is 4. The molecular formula is C100H99Cl2F4N21O2. The van der Waals surface area contributed by atoms with Crippen molar-refractivity contribution in [1.29, 1.82) is 0 Å². The van der Waals surface area contributed by atoms with Crippen LogP contribution in [0.5, 0.6) is 0 Å². The molecule has 12 fully saturated rings. The van der Waals surface area contributed by atoms with E-state index in [4.69, 9.17) is 52.0 Å². The molecule has 16 aromatic rings. The van der Waals surface area contributed by atoms with E-state index in [-0.39, 0.29) is 23.0 Å². The molecule has 12 aliphatic carbocycles. The minimum atomic E-state index is -0.485. The molecule has 14 heterocycles. The molecule has 12 aliphatic rings. The fourth-order valence-electron chi connectivity index (χ4n) is 23.4. The maximum absolute atomic E-state index is 15.9. The zero-order chi connectivity index (χ0) is 87.8. The van der Waals surface area contributed by atoms with Crippen molar-refractivity contribution in [1.82, 2.24) is 101 Å². The lowest BCUT2D eigenvalue weighted by Gasteiger charge is -2.47. The quantitative estimate of drug-likeness (QED) is 0.0561. The second kappa shape index (κ2) is 35.4. The van der Waals surface area contributed by atoms with Crippen LogP contribution in [0.3, 0.4) is 0 Å². The Hall–Kier alpha value is -12.1. The summed E-state index contributed by atoms with van der Waals surface area (Å²) in [6, 6.07) is 34.2. The minimum Gasteiger partial charge on any atom is -0.472 e. The number of aromatic amines is 4. The van der Waals surface area contributed by atoms with Gasteiger partial charge in [-0.15, -0.1) is 0 Å². The Kier molecular flexibility index (Phi) is 23.0. The minimum absolute atomic E-state index is 0.107. The van der Waals surface area contributed by atoms with Crippen molar-refractivity contribution in [2.45, 2.75) is 163 Å². The first-order chi connectivity index (χ1) is 62.9.